The third-order valence-electron chi connectivity index (χ3n) is 5.78. The summed E-state index contributed by atoms with van der Waals surface area (Å²) in [5, 5.41) is 24.9. The first-order chi connectivity index (χ1) is 16.0. The highest BCUT2D eigenvalue weighted by Crippen LogP contribution is 2.22. The van der Waals surface area contributed by atoms with Crippen LogP contribution in [0.2, 0.25) is 26.2 Å². The average molecular weight is 497 g/mol. The highest BCUT2D eigenvalue weighted by atomic mass is 28.4. The number of benzene rings is 3. The Labute approximate surface area is 200 Å². The lowest BCUT2D eigenvalue weighted by Gasteiger charge is -2.32. The number of nitro benzene ring substituents is 2. The largest absolute Gasteiger partial charge is 0.408 e. The molecule has 0 spiro atoms. The molecule has 8 nitrogen and oxygen atoms in total. The molecule has 0 aliphatic rings. The van der Waals surface area contributed by atoms with Crippen LogP contribution in [0.1, 0.15) is 11.1 Å². The molecule has 0 bridgehead atoms. The van der Waals surface area contributed by atoms with Gasteiger partial charge in [0, 0.05) is 12.1 Å². The van der Waals surface area contributed by atoms with Crippen LogP contribution in [0, 0.1) is 20.2 Å². The molecule has 3 aromatic rings. The Morgan fingerprint density at radius 2 is 0.941 bits per heavy atom. The van der Waals surface area contributed by atoms with Crippen LogP contribution in [-0.2, 0) is 22.1 Å². The summed E-state index contributed by atoms with van der Waals surface area (Å²) in [6.07, 6.45) is 0. The SMILES string of the molecule is C[Si](C)(OCc1ccccc1[N+](=O)[O-])c1ccccc1[Si](C)(C)OCc1ccccc1[N+](=O)[O-]. The summed E-state index contributed by atoms with van der Waals surface area (Å²) in [6.45, 7) is 8.54. The van der Waals surface area contributed by atoms with Crippen molar-refractivity contribution in [3.05, 3.63) is 104 Å². The topological polar surface area (TPSA) is 105 Å². The first-order valence-electron chi connectivity index (χ1n) is 10.9. The van der Waals surface area contributed by atoms with Crippen LogP contribution >= 0.6 is 0 Å². The van der Waals surface area contributed by atoms with E-state index in [0.717, 1.165) is 10.4 Å². The van der Waals surface area contributed by atoms with Gasteiger partial charge in [-0.15, -0.1) is 0 Å². The van der Waals surface area contributed by atoms with Crippen LogP contribution in [0.5, 0.6) is 0 Å². The van der Waals surface area contributed by atoms with Crippen LogP contribution in [0.25, 0.3) is 0 Å². The van der Waals surface area contributed by atoms with Crippen molar-refractivity contribution in [1.29, 1.82) is 0 Å². The monoisotopic (exact) mass is 496 g/mol. The molecular formula is C24H28N2O6Si2. The third kappa shape index (κ3) is 5.83. The molecule has 0 saturated heterocycles. The van der Waals surface area contributed by atoms with Crippen LogP contribution in [0.15, 0.2) is 72.8 Å². The minimum absolute atomic E-state index is 0.0445. The van der Waals surface area contributed by atoms with Crippen LogP contribution in [0.3, 0.4) is 0 Å². The van der Waals surface area contributed by atoms with Crippen molar-refractivity contribution in [3.63, 3.8) is 0 Å². The van der Waals surface area contributed by atoms with Gasteiger partial charge in [-0.25, -0.2) is 0 Å². The van der Waals surface area contributed by atoms with Gasteiger partial charge < -0.3 is 8.85 Å². The van der Waals surface area contributed by atoms with Gasteiger partial charge in [-0.05, 0) is 48.7 Å². The van der Waals surface area contributed by atoms with E-state index in [4.69, 9.17) is 8.85 Å². The number of hydrogen-bond donors (Lipinski definition) is 0. The molecule has 0 unspecified atom stereocenters. The normalized spacial score (nSPS) is 11.9. The standard InChI is InChI=1S/C24H28N2O6Si2/c1-33(2,31-17-19-11-5-7-13-21(19)25(27)28)23-15-9-10-16-24(23)34(3,4)32-18-20-12-6-8-14-22(20)26(29)30/h5-16H,17-18H2,1-4H3. The lowest BCUT2D eigenvalue weighted by atomic mass is 10.2. The van der Waals surface area contributed by atoms with Crippen molar-refractivity contribution in [3.8, 4) is 0 Å². The summed E-state index contributed by atoms with van der Waals surface area (Å²) in [6, 6.07) is 21.2. The molecule has 0 aliphatic heterocycles. The molecule has 3 rings (SSSR count). The van der Waals surface area contributed by atoms with Crippen molar-refractivity contribution >= 4 is 38.4 Å². The zero-order valence-corrected chi connectivity index (χ0v) is 21.7. The highest BCUT2D eigenvalue weighted by molar-refractivity contribution is 6.94. The Bertz CT molecular complexity index is 1110. The molecule has 3 aromatic carbocycles. The predicted molar refractivity (Wildman–Crippen MR) is 136 cm³/mol. The molecule has 0 N–H and O–H groups in total. The number of hydrogen-bond acceptors (Lipinski definition) is 6. The second-order valence-electron chi connectivity index (χ2n) is 8.92. The minimum Gasteiger partial charge on any atom is -0.408 e. The Balaban J connectivity index is 1.84. The summed E-state index contributed by atoms with van der Waals surface area (Å²) in [5.74, 6) is 0. The fraction of sp³-hybridized carbons (Fsp3) is 0.250. The lowest BCUT2D eigenvalue weighted by Crippen LogP contribution is -2.60. The van der Waals surface area contributed by atoms with Gasteiger partial charge in [0.1, 0.15) is 0 Å². The molecule has 0 aliphatic carbocycles. The number of rotatable bonds is 10. The fourth-order valence-corrected chi connectivity index (χ4v) is 9.44. The molecule has 0 fully saturated rings. The van der Waals surface area contributed by atoms with E-state index in [2.05, 4.69) is 26.2 Å². The maximum Gasteiger partial charge on any atom is 0.274 e. The van der Waals surface area contributed by atoms with E-state index in [9.17, 15) is 20.2 Å². The van der Waals surface area contributed by atoms with E-state index in [1.807, 2.05) is 24.3 Å². The van der Waals surface area contributed by atoms with Gasteiger partial charge in [0.05, 0.1) is 34.2 Å². The van der Waals surface area contributed by atoms with Crippen molar-refractivity contribution < 1.29 is 18.7 Å². The molecule has 0 radical (unpaired) electrons. The number of nitrogens with zero attached hydrogens (tertiary/aromatic N) is 2. The van der Waals surface area contributed by atoms with E-state index in [1.165, 1.54) is 12.1 Å². The van der Waals surface area contributed by atoms with Gasteiger partial charge in [0.15, 0.2) is 0 Å². The molecule has 0 amide bonds. The first kappa shape index (κ1) is 25.4. The third-order valence-corrected chi connectivity index (χ3v) is 11.2. The molecule has 34 heavy (non-hydrogen) atoms. The zero-order valence-electron chi connectivity index (χ0n) is 19.7. The van der Waals surface area contributed by atoms with Crippen LogP contribution < -0.4 is 10.4 Å². The first-order valence-corrected chi connectivity index (χ1v) is 16.7. The molecular weight excluding hydrogens is 468 g/mol. The second-order valence-corrected chi connectivity index (χ2v) is 16.6. The molecule has 0 heterocycles. The Hall–Kier alpha value is -3.19. The Morgan fingerprint density at radius 3 is 1.29 bits per heavy atom. The van der Waals surface area contributed by atoms with E-state index in [0.29, 0.717) is 11.1 Å². The molecule has 10 heteroatoms. The van der Waals surface area contributed by atoms with Crippen molar-refractivity contribution in [1.82, 2.24) is 0 Å². The minimum atomic E-state index is -2.49. The van der Waals surface area contributed by atoms with Crippen molar-refractivity contribution in [2.24, 2.45) is 0 Å². The van der Waals surface area contributed by atoms with Gasteiger partial charge >= 0.3 is 0 Å². The molecule has 0 saturated carbocycles. The number of para-hydroxylation sites is 2. The molecule has 0 atom stereocenters. The average Bonchev–Trinajstić information content (AvgIpc) is 2.82. The van der Waals surface area contributed by atoms with Gasteiger partial charge in [0.2, 0.25) is 16.6 Å². The van der Waals surface area contributed by atoms with Crippen LogP contribution in [0.4, 0.5) is 11.4 Å². The van der Waals surface area contributed by atoms with Gasteiger partial charge in [-0.2, -0.15) is 0 Å². The predicted octanol–water partition coefficient (Wildman–Crippen LogP) is 4.76. The highest BCUT2D eigenvalue weighted by Gasteiger charge is 2.36. The van der Waals surface area contributed by atoms with Gasteiger partial charge in [-0.3, -0.25) is 20.2 Å². The summed E-state index contributed by atoms with van der Waals surface area (Å²) in [5.41, 5.74) is 1.16. The van der Waals surface area contributed by atoms with E-state index in [-0.39, 0.29) is 24.6 Å². The van der Waals surface area contributed by atoms with Crippen molar-refractivity contribution in [2.45, 2.75) is 39.4 Å². The van der Waals surface area contributed by atoms with Crippen molar-refractivity contribution in [2.75, 3.05) is 0 Å². The Kier molecular flexibility index (Phi) is 7.77. The summed E-state index contributed by atoms with van der Waals surface area (Å²) in [7, 11) is -4.97. The maximum absolute atomic E-state index is 11.4. The number of nitro groups is 2. The van der Waals surface area contributed by atoms with Crippen LogP contribution in [-0.4, -0.2) is 26.5 Å². The molecule has 178 valence electrons. The second kappa shape index (κ2) is 10.4. The Morgan fingerprint density at radius 1 is 0.618 bits per heavy atom. The zero-order chi connectivity index (χ0) is 24.9. The van der Waals surface area contributed by atoms with E-state index >= 15 is 0 Å². The quantitative estimate of drug-likeness (QED) is 0.228. The smallest absolute Gasteiger partial charge is 0.274 e. The molecule has 0 aromatic heterocycles. The van der Waals surface area contributed by atoms with Gasteiger partial charge in [-0.1, -0.05) is 48.5 Å². The summed E-state index contributed by atoms with van der Waals surface area (Å²) in [4.78, 5) is 21.9. The summed E-state index contributed by atoms with van der Waals surface area (Å²) >= 11 is 0. The summed E-state index contributed by atoms with van der Waals surface area (Å²) < 4.78 is 12.7. The maximum atomic E-state index is 11.4. The van der Waals surface area contributed by atoms with E-state index < -0.39 is 26.5 Å². The fourth-order valence-electron chi connectivity index (χ4n) is 3.83. The lowest BCUT2D eigenvalue weighted by molar-refractivity contribution is -0.386. The van der Waals surface area contributed by atoms with E-state index in [1.54, 1.807) is 36.4 Å². The van der Waals surface area contributed by atoms with Gasteiger partial charge in [0.25, 0.3) is 11.4 Å².